The van der Waals surface area contributed by atoms with E-state index < -0.39 is 0 Å². The molecule has 1 rings (SSSR count). The third-order valence-electron chi connectivity index (χ3n) is 1.50. The molecule has 6 heteroatoms. The smallest absolute Gasteiger partial charge is 0.189 e. The fraction of sp³-hybridized carbons (Fsp3) is 0.111. The minimum Gasteiger partial charge on any atom is -0.331 e. The SMILES string of the molecule is CSC(=S)NNC(=S)Nc1ccccc1. The zero-order valence-electron chi connectivity index (χ0n) is 8.11. The molecule has 0 heterocycles. The largest absolute Gasteiger partial charge is 0.331 e. The van der Waals surface area contributed by atoms with Crippen molar-refractivity contribution in [1.82, 2.24) is 10.9 Å². The zero-order valence-corrected chi connectivity index (χ0v) is 10.6. The van der Waals surface area contributed by atoms with Crippen molar-refractivity contribution in [3.05, 3.63) is 30.3 Å². The molecule has 0 spiro atoms. The summed E-state index contributed by atoms with van der Waals surface area (Å²) in [5, 5.41) is 3.49. The molecule has 0 atom stereocenters. The van der Waals surface area contributed by atoms with Gasteiger partial charge < -0.3 is 5.32 Å². The van der Waals surface area contributed by atoms with Crippen molar-refractivity contribution >= 4 is 51.3 Å². The van der Waals surface area contributed by atoms with Gasteiger partial charge in [0.05, 0.1) is 0 Å². The van der Waals surface area contributed by atoms with Gasteiger partial charge in [0.2, 0.25) is 0 Å². The van der Waals surface area contributed by atoms with Crippen molar-refractivity contribution in [3.8, 4) is 0 Å². The van der Waals surface area contributed by atoms with Gasteiger partial charge in [-0.3, -0.25) is 10.9 Å². The maximum Gasteiger partial charge on any atom is 0.189 e. The van der Waals surface area contributed by atoms with Crippen LogP contribution >= 0.6 is 36.2 Å². The Labute approximate surface area is 104 Å². The van der Waals surface area contributed by atoms with Crippen molar-refractivity contribution in [1.29, 1.82) is 0 Å². The lowest BCUT2D eigenvalue weighted by atomic mass is 10.3. The summed E-state index contributed by atoms with van der Waals surface area (Å²) in [7, 11) is 0. The van der Waals surface area contributed by atoms with Crippen molar-refractivity contribution in [2.24, 2.45) is 0 Å². The van der Waals surface area contributed by atoms with Crippen LogP contribution in [-0.2, 0) is 0 Å². The van der Waals surface area contributed by atoms with E-state index in [0.717, 1.165) is 5.69 Å². The summed E-state index contributed by atoms with van der Waals surface area (Å²) in [6, 6.07) is 9.68. The molecular weight excluding hydrogens is 246 g/mol. The minimum atomic E-state index is 0.484. The molecule has 0 aromatic heterocycles. The van der Waals surface area contributed by atoms with E-state index in [0.29, 0.717) is 9.43 Å². The van der Waals surface area contributed by atoms with E-state index in [1.54, 1.807) is 0 Å². The summed E-state index contributed by atoms with van der Waals surface area (Å²) < 4.78 is 0.646. The average molecular weight is 257 g/mol. The number of benzene rings is 1. The van der Waals surface area contributed by atoms with Gasteiger partial charge in [-0.2, -0.15) is 0 Å². The van der Waals surface area contributed by atoms with Crippen LogP contribution in [-0.4, -0.2) is 15.7 Å². The standard InChI is InChI=1S/C9H11N3S3/c1-15-9(14)12-11-8(13)10-7-5-3-2-4-6-7/h2-6H,1H3,(H,12,14)(H2,10,11,13). The molecule has 0 saturated carbocycles. The lowest BCUT2D eigenvalue weighted by Crippen LogP contribution is -2.41. The Morgan fingerprint density at radius 1 is 1.13 bits per heavy atom. The van der Waals surface area contributed by atoms with Gasteiger partial charge in [0.1, 0.15) is 0 Å². The summed E-state index contributed by atoms with van der Waals surface area (Å²) >= 11 is 11.4. The van der Waals surface area contributed by atoms with Gasteiger partial charge in [0.25, 0.3) is 0 Å². The highest BCUT2D eigenvalue weighted by Gasteiger charge is 1.96. The second-order valence-corrected chi connectivity index (χ2v) is 4.45. The van der Waals surface area contributed by atoms with E-state index in [4.69, 9.17) is 24.4 Å². The van der Waals surface area contributed by atoms with Crippen LogP contribution in [0.1, 0.15) is 0 Å². The molecule has 0 bridgehead atoms. The molecule has 3 N–H and O–H groups in total. The molecule has 15 heavy (non-hydrogen) atoms. The molecule has 0 aliphatic carbocycles. The maximum absolute atomic E-state index is 5.05. The van der Waals surface area contributed by atoms with E-state index in [9.17, 15) is 0 Å². The Hall–Kier alpha value is -0.850. The number of hydrogen-bond donors (Lipinski definition) is 3. The van der Waals surface area contributed by atoms with Gasteiger partial charge >= 0.3 is 0 Å². The minimum absolute atomic E-state index is 0.484. The fourth-order valence-electron chi connectivity index (χ4n) is 0.843. The molecule has 0 radical (unpaired) electrons. The molecule has 0 fully saturated rings. The summed E-state index contributed by atoms with van der Waals surface area (Å²) in [4.78, 5) is 0. The molecule has 0 unspecified atom stereocenters. The first kappa shape index (κ1) is 12.2. The first-order valence-electron chi connectivity index (χ1n) is 4.18. The molecule has 1 aromatic carbocycles. The number of para-hydroxylation sites is 1. The molecule has 0 aliphatic rings. The zero-order chi connectivity index (χ0) is 11.1. The lowest BCUT2D eigenvalue weighted by Gasteiger charge is -2.11. The molecule has 80 valence electrons. The van der Waals surface area contributed by atoms with E-state index in [-0.39, 0.29) is 0 Å². The van der Waals surface area contributed by atoms with Crippen LogP contribution < -0.4 is 16.2 Å². The van der Waals surface area contributed by atoms with Gasteiger partial charge in [-0.05, 0) is 30.6 Å². The molecule has 1 aromatic rings. The predicted octanol–water partition coefficient (Wildman–Crippen LogP) is 2.13. The Morgan fingerprint density at radius 3 is 2.40 bits per heavy atom. The Bertz CT molecular complexity index is 340. The van der Waals surface area contributed by atoms with Crippen LogP contribution in [0, 0.1) is 0 Å². The first-order chi connectivity index (χ1) is 7.22. The van der Waals surface area contributed by atoms with E-state index in [1.807, 2.05) is 36.6 Å². The Kier molecular flexibility index (Phi) is 5.38. The van der Waals surface area contributed by atoms with Crippen LogP contribution in [0.15, 0.2) is 30.3 Å². The normalized spacial score (nSPS) is 9.13. The topological polar surface area (TPSA) is 36.1 Å². The summed E-state index contributed by atoms with van der Waals surface area (Å²) in [5.41, 5.74) is 6.52. The fourth-order valence-corrected chi connectivity index (χ4v) is 1.22. The average Bonchev–Trinajstić information content (AvgIpc) is 2.27. The molecule has 3 nitrogen and oxygen atoms in total. The predicted molar refractivity (Wildman–Crippen MR) is 75.0 cm³/mol. The first-order valence-corrected chi connectivity index (χ1v) is 6.22. The third kappa shape index (κ3) is 4.96. The van der Waals surface area contributed by atoms with Gasteiger partial charge in [-0.15, -0.1) is 0 Å². The lowest BCUT2D eigenvalue weighted by molar-refractivity contribution is 0.899. The number of rotatable bonds is 1. The Balaban J connectivity index is 2.34. The number of anilines is 1. The van der Waals surface area contributed by atoms with Crippen LogP contribution in [0.5, 0.6) is 0 Å². The summed E-state index contributed by atoms with van der Waals surface area (Å²) in [6.07, 6.45) is 1.89. The number of hydrogen-bond acceptors (Lipinski definition) is 3. The van der Waals surface area contributed by atoms with Crippen LogP contribution in [0.25, 0.3) is 0 Å². The monoisotopic (exact) mass is 257 g/mol. The molecular formula is C9H11N3S3. The van der Waals surface area contributed by atoms with Gasteiger partial charge in [-0.25, -0.2) is 0 Å². The molecule has 0 amide bonds. The second kappa shape index (κ2) is 6.60. The third-order valence-corrected chi connectivity index (χ3v) is 2.77. The summed E-state index contributed by atoms with van der Waals surface area (Å²) in [5.74, 6) is 0. The van der Waals surface area contributed by atoms with Crippen LogP contribution in [0.2, 0.25) is 0 Å². The Morgan fingerprint density at radius 2 is 1.80 bits per heavy atom. The number of nitrogens with one attached hydrogen (secondary N) is 3. The quantitative estimate of drug-likeness (QED) is 0.528. The van der Waals surface area contributed by atoms with Crippen molar-refractivity contribution in [3.63, 3.8) is 0 Å². The number of thioether (sulfide) groups is 1. The van der Waals surface area contributed by atoms with Crippen molar-refractivity contribution in [2.45, 2.75) is 0 Å². The van der Waals surface area contributed by atoms with E-state index in [1.165, 1.54) is 11.8 Å². The van der Waals surface area contributed by atoms with E-state index in [2.05, 4.69) is 16.2 Å². The molecule has 0 saturated heterocycles. The van der Waals surface area contributed by atoms with Gasteiger partial charge in [0, 0.05) is 5.69 Å². The van der Waals surface area contributed by atoms with Gasteiger partial charge in [0.15, 0.2) is 9.43 Å². The van der Waals surface area contributed by atoms with Crippen LogP contribution in [0.4, 0.5) is 5.69 Å². The number of thiocarbonyl (C=S) groups is 2. The highest BCUT2D eigenvalue weighted by atomic mass is 32.2. The van der Waals surface area contributed by atoms with Crippen molar-refractivity contribution < 1.29 is 0 Å². The van der Waals surface area contributed by atoms with Crippen LogP contribution in [0.3, 0.4) is 0 Å². The summed E-state index contributed by atoms with van der Waals surface area (Å²) in [6.45, 7) is 0. The van der Waals surface area contributed by atoms with E-state index >= 15 is 0 Å². The second-order valence-electron chi connectivity index (χ2n) is 2.56. The van der Waals surface area contributed by atoms with Gasteiger partial charge in [-0.1, -0.05) is 42.2 Å². The van der Waals surface area contributed by atoms with Crippen molar-refractivity contribution in [2.75, 3.05) is 11.6 Å². The maximum atomic E-state index is 5.05. The highest BCUT2D eigenvalue weighted by Crippen LogP contribution is 2.03. The highest BCUT2D eigenvalue weighted by molar-refractivity contribution is 8.22. The molecule has 0 aliphatic heterocycles. The number of hydrazine groups is 1.